The van der Waals surface area contributed by atoms with Crippen LogP contribution >= 0.6 is 11.8 Å². The molecular weight excluding hydrogens is 226 g/mol. The highest BCUT2D eigenvalue weighted by Gasteiger charge is 2.26. The Labute approximate surface area is 108 Å². The second kappa shape index (κ2) is 5.03. The monoisotopic (exact) mass is 247 g/mol. The van der Waals surface area contributed by atoms with E-state index in [4.69, 9.17) is 0 Å². The van der Waals surface area contributed by atoms with Crippen LogP contribution in [-0.4, -0.2) is 18.1 Å². The van der Waals surface area contributed by atoms with Crippen LogP contribution < -0.4 is 5.32 Å². The van der Waals surface area contributed by atoms with Crippen molar-refractivity contribution in [1.82, 2.24) is 5.32 Å². The van der Waals surface area contributed by atoms with E-state index in [2.05, 4.69) is 42.3 Å². The first-order valence-corrected chi connectivity index (χ1v) is 7.84. The normalized spacial score (nSPS) is 24.9. The van der Waals surface area contributed by atoms with Crippen molar-refractivity contribution in [2.45, 2.75) is 43.4 Å². The van der Waals surface area contributed by atoms with Crippen LogP contribution in [0.5, 0.6) is 0 Å². The van der Waals surface area contributed by atoms with E-state index in [0.29, 0.717) is 6.04 Å². The Morgan fingerprint density at radius 1 is 1.24 bits per heavy atom. The Bertz CT molecular complexity index is 396. The molecule has 1 saturated heterocycles. The van der Waals surface area contributed by atoms with Gasteiger partial charge in [-0.3, -0.25) is 0 Å². The molecule has 3 rings (SSSR count). The van der Waals surface area contributed by atoms with E-state index in [0.717, 1.165) is 5.25 Å². The number of rotatable bonds is 3. The summed E-state index contributed by atoms with van der Waals surface area (Å²) in [5, 5.41) is 4.31. The summed E-state index contributed by atoms with van der Waals surface area (Å²) < 4.78 is 0. The van der Waals surface area contributed by atoms with Crippen molar-refractivity contribution in [3.8, 4) is 0 Å². The van der Waals surface area contributed by atoms with Crippen LogP contribution in [-0.2, 0) is 12.8 Å². The van der Waals surface area contributed by atoms with Gasteiger partial charge in [0.25, 0.3) is 0 Å². The molecule has 92 valence electrons. The molecule has 0 spiro atoms. The van der Waals surface area contributed by atoms with E-state index >= 15 is 0 Å². The smallest absolute Gasteiger partial charge is 0.0438 e. The van der Waals surface area contributed by atoms with Crippen LogP contribution in [0.3, 0.4) is 0 Å². The summed E-state index contributed by atoms with van der Waals surface area (Å²) in [4.78, 5) is 0. The van der Waals surface area contributed by atoms with Crippen LogP contribution in [0.25, 0.3) is 0 Å². The van der Waals surface area contributed by atoms with Gasteiger partial charge < -0.3 is 5.32 Å². The van der Waals surface area contributed by atoms with Crippen molar-refractivity contribution in [2.24, 2.45) is 0 Å². The topological polar surface area (TPSA) is 12.0 Å². The fraction of sp³-hybridized carbons (Fsp3) is 0.600. The zero-order valence-corrected chi connectivity index (χ0v) is 11.4. The molecule has 2 atom stereocenters. The third-order valence-corrected chi connectivity index (χ3v) is 5.59. The molecular formula is C15H21NS. The quantitative estimate of drug-likeness (QED) is 0.879. The van der Waals surface area contributed by atoms with Crippen LogP contribution in [0.2, 0.25) is 0 Å². The predicted molar refractivity (Wildman–Crippen MR) is 75.7 cm³/mol. The second-order valence-corrected chi connectivity index (χ2v) is 6.55. The highest BCUT2D eigenvalue weighted by Crippen LogP contribution is 2.37. The van der Waals surface area contributed by atoms with Gasteiger partial charge in [-0.25, -0.2) is 0 Å². The number of hydrogen-bond acceptors (Lipinski definition) is 2. The third kappa shape index (κ3) is 2.25. The van der Waals surface area contributed by atoms with Gasteiger partial charge in [-0.2, -0.15) is 11.8 Å². The maximum Gasteiger partial charge on any atom is 0.0438 e. The van der Waals surface area contributed by atoms with Crippen molar-refractivity contribution in [2.75, 3.05) is 12.8 Å². The Morgan fingerprint density at radius 3 is 2.88 bits per heavy atom. The van der Waals surface area contributed by atoms with Crippen molar-refractivity contribution in [3.05, 3.63) is 34.9 Å². The molecule has 1 aromatic carbocycles. The van der Waals surface area contributed by atoms with Crippen LogP contribution in [0.4, 0.5) is 0 Å². The SMILES string of the molecule is CNC(c1ccc2c(c1)CCC2)C1CCCS1. The van der Waals surface area contributed by atoms with Gasteiger partial charge in [0, 0.05) is 11.3 Å². The number of thioether (sulfide) groups is 1. The molecule has 1 aromatic rings. The first-order valence-electron chi connectivity index (χ1n) is 6.79. The summed E-state index contributed by atoms with van der Waals surface area (Å²) in [6, 6.07) is 7.72. The minimum absolute atomic E-state index is 0.549. The molecule has 1 N–H and O–H groups in total. The first-order chi connectivity index (χ1) is 8.38. The fourth-order valence-electron chi connectivity index (χ4n) is 3.22. The first kappa shape index (κ1) is 11.6. The van der Waals surface area contributed by atoms with Crippen molar-refractivity contribution < 1.29 is 0 Å². The Hall–Kier alpha value is -0.470. The lowest BCUT2D eigenvalue weighted by molar-refractivity contribution is 0.551. The van der Waals surface area contributed by atoms with Gasteiger partial charge in [0.2, 0.25) is 0 Å². The molecule has 2 aliphatic rings. The Kier molecular flexibility index (Phi) is 3.44. The van der Waals surface area contributed by atoms with E-state index in [-0.39, 0.29) is 0 Å². The second-order valence-electron chi connectivity index (χ2n) is 5.20. The molecule has 1 fully saturated rings. The average Bonchev–Trinajstić information content (AvgIpc) is 2.99. The molecule has 0 saturated carbocycles. The summed E-state index contributed by atoms with van der Waals surface area (Å²) in [6.07, 6.45) is 6.68. The van der Waals surface area contributed by atoms with Crippen LogP contribution in [0, 0.1) is 0 Å². The molecule has 0 bridgehead atoms. The number of nitrogens with one attached hydrogen (secondary N) is 1. The van der Waals surface area contributed by atoms with Gasteiger partial charge in [-0.1, -0.05) is 18.2 Å². The summed E-state index contributed by atoms with van der Waals surface area (Å²) >= 11 is 2.14. The molecule has 1 nitrogen and oxygen atoms in total. The molecule has 2 heteroatoms. The Morgan fingerprint density at radius 2 is 2.12 bits per heavy atom. The zero-order chi connectivity index (χ0) is 11.7. The largest absolute Gasteiger partial charge is 0.312 e. The summed E-state index contributed by atoms with van der Waals surface area (Å²) in [6.45, 7) is 0. The van der Waals surface area contributed by atoms with E-state index in [1.54, 1.807) is 11.1 Å². The molecule has 1 aliphatic carbocycles. The van der Waals surface area contributed by atoms with E-state index < -0.39 is 0 Å². The van der Waals surface area contributed by atoms with Crippen molar-refractivity contribution >= 4 is 11.8 Å². The number of aryl methyl sites for hydroxylation is 2. The summed E-state index contributed by atoms with van der Waals surface area (Å²) in [7, 11) is 2.11. The predicted octanol–water partition coefficient (Wildman–Crippen LogP) is 3.33. The standard InChI is InChI=1S/C15H21NS/c1-16-15(14-6-3-9-17-14)13-8-7-11-4-2-5-12(11)10-13/h7-8,10,14-16H,2-6,9H2,1H3. The summed E-state index contributed by atoms with van der Waals surface area (Å²) in [5.41, 5.74) is 4.70. The minimum Gasteiger partial charge on any atom is -0.312 e. The summed E-state index contributed by atoms with van der Waals surface area (Å²) in [5.74, 6) is 1.34. The van der Waals surface area contributed by atoms with Gasteiger partial charge in [0.1, 0.15) is 0 Å². The third-order valence-electron chi connectivity index (χ3n) is 4.13. The molecule has 0 radical (unpaired) electrons. The van der Waals surface area contributed by atoms with Crippen molar-refractivity contribution in [1.29, 1.82) is 0 Å². The highest BCUT2D eigenvalue weighted by atomic mass is 32.2. The Balaban J connectivity index is 1.85. The molecule has 1 aliphatic heterocycles. The maximum absolute atomic E-state index is 3.53. The van der Waals surface area contributed by atoms with E-state index in [9.17, 15) is 0 Å². The lowest BCUT2D eigenvalue weighted by Crippen LogP contribution is -2.25. The van der Waals surface area contributed by atoms with Gasteiger partial charge in [0.15, 0.2) is 0 Å². The zero-order valence-electron chi connectivity index (χ0n) is 10.5. The molecule has 0 aromatic heterocycles. The number of benzene rings is 1. The van der Waals surface area contributed by atoms with Gasteiger partial charge in [-0.15, -0.1) is 0 Å². The van der Waals surface area contributed by atoms with Crippen molar-refractivity contribution in [3.63, 3.8) is 0 Å². The lowest BCUT2D eigenvalue weighted by Gasteiger charge is -2.23. The van der Waals surface area contributed by atoms with Gasteiger partial charge >= 0.3 is 0 Å². The molecule has 17 heavy (non-hydrogen) atoms. The molecule has 2 unspecified atom stereocenters. The van der Waals surface area contributed by atoms with E-state index in [1.807, 2.05) is 0 Å². The minimum atomic E-state index is 0.549. The van der Waals surface area contributed by atoms with Crippen LogP contribution in [0.1, 0.15) is 42.0 Å². The maximum atomic E-state index is 3.53. The van der Waals surface area contributed by atoms with Gasteiger partial charge in [-0.05, 0) is 61.6 Å². The lowest BCUT2D eigenvalue weighted by atomic mass is 9.97. The van der Waals surface area contributed by atoms with Crippen LogP contribution in [0.15, 0.2) is 18.2 Å². The van der Waals surface area contributed by atoms with E-state index in [1.165, 1.54) is 43.4 Å². The van der Waals surface area contributed by atoms with Gasteiger partial charge in [0.05, 0.1) is 0 Å². The number of fused-ring (bicyclic) bond motifs is 1. The fourth-order valence-corrected chi connectivity index (χ4v) is 4.67. The molecule has 0 amide bonds. The highest BCUT2D eigenvalue weighted by molar-refractivity contribution is 8.00. The molecule has 1 heterocycles. The number of hydrogen-bond donors (Lipinski definition) is 1. The average molecular weight is 247 g/mol.